The van der Waals surface area contributed by atoms with E-state index in [9.17, 15) is 4.79 Å². The summed E-state index contributed by atoms with van der Waals surface area (Å²) in [5.41, 5.74) is 1.72. The van der Waals surface area contributed by atoms with Crippen LogP contribution in [0.15, 0.2) is 35.3 Å². The highest BCUT2D eigenvalue weighted by Gasteiger charge is 1.97. The highest BCUT2D eigenvalue weighted by molar-refractivity contribution is 6.18. The van der Waals surface area contributed by atoms with Crippen LogP contribution < -0.4 is 5.43 Å². The van der Waals surface area contributed by atoms with Crippen LogP contribution in [0.3, 0.4) is 0 Å². The van der Waals surface area contributed by atoms with Gasteiger partial charge < -0.3 is 4.98 Å². The van der Waals surface area contributed by atoms with Gasteiger partial charge in [0.15, 0.2) is 5.43 Å². The van der Waals surface area contributed by atoms with E-state index in [1.54, 1.807) is 12.3 Å². The van der Waals surface area contributed by atoms with Crippen LogP contribution in [-0.2, 0) is 0 Å². The van der Waals surface area contributed by atoms with Gasteiger partial charge in [-0.15, -0.1) is 11.6 Å². The number of H-pyrrole nitrogens is 1. The van der Waals surface area contributed by atoms with Crippen molar-refractivity contribution in [1.82, 2.24) is 4.98 Å². The molecule has 0 fully saturated rings. The molecule has 0 spiro atoms. The number of hydrogen-bond acceptors (Lipinski definition) is 1. The molecule has 0 saturated carbocycles. The summed E-state index contributed by atoms with van der Waals surface area (Å²) in [5, 5.41) is 0.686. The molecule has 1 N–H and O–H groups in total. The van der Waals surface area contributed by atoms with E-state index >= 15 is 0 Å². The van der Waals surface area contributed by atoms with Gasteiger partial charge in [0.2, 0.25) is 0 Å². The van der Waals surface area contributed by atoms with Gasteiger partial charge in [-0.05, 0) is 18.2 Å². The lowest BCUT2D eigenvalue weighted by Crippen LogP contribution is -1.99. The van der Waals surface area contributed by atoms with Crippen LogP contribution in [0, 0.1) is 11.8 Å². The molecule has 0 aliphatic carbocycles. The molecule has 16 heavy (non-hydrogen) atoms. The normalized spacial score (nSPS) is 9.81. The van der Waals surface area contributed by atoms with Crippen molar-refractivity contribution in [2.45, 2.75) is 6.42 Å². The molecule has 2 aromatic rings. The Bertz CT molecular complexity index is 619. The minimum absolute atomic E-state index is 0.0222. The maximum absolute atomic E-state index is 11.5. The number of benzene rings is 1. The molecule has 0 amide bonds. The highest BCUT2D eigenvalue weighted by Crippen LogP contribution is 2.08. The van der Waals surface area contributed by atoms with Crippen LogP contribution >= 0.6 is 11.6 Å². The summed E-state index contributed by atoms with van der Waals surface area (Å²) < 4.78 is 0. The fourth-order valence-electron chi connectivity index (χ4n) is 1.47. The van der Waals surface area contributed by atoms with Crippen molar-refractivity contribution < 1.29 is 0 Å². The minimum Gasteiger partial charge on any atom is -0.361 e. The van der Waals surface area contributed by atoms with Crippen LogP contribution in [0.4, 0.5) is 0 Å². The van der Waals surface area contributed by atoms with Gasteiger partial charge in [-0.3, -0.25) is 4.79 Å². The third kappa shape index (κ3) is 2.26. The summed E-state index contributed by atoms with van der Waals surface area (Å²) in [6.07, 6.45) is 2.31. The number of nitrogens with one attached hydrogen (secondary N) is 1. The van der Waals surface area contributed by atoms with E-state index in [2.05, 4.69) is 16.8 Å². The Morgan fingerprint density at radius 1 is 1.31 bits per heavy atom. The van der Waals surface area contributed by atoms with Crippen molar-refractivity contribution in [3.8, 4) is 11.8 Å². The predicted molar refractivity (Wildman–Crippen MR) is 66.8 cm³/mol. The van der Waals surface area contributed by atoms with E-state index in [0.717, 1.165) is 11.1 Å². The van der Waals surface area contributed by atoms with Crippen molar-refractivity contribution in [2.75, 3.05) is 5.88 Å². The van der Waals surface area contributed by atoms with E-state index in [-0.39, 0.29) is 5.43 Å². The maximum Gasteiger partial charge on any atom is 0.189 e. The van der Waals surface area contributed by atoms with Gasteiger partial charge in [0.05, 0.1) is 5.52 Å². The average molecular weight is 232 g/mol. The van der Waals surface area contributed by atoms with Gasteiger partial charge in [-0.25, -0.2) is 0 Å². The van der Waals surface area contributed by atoms with Gasteiger partial charge in [0.1, 0.15) is 0 Å². The molecular formula is C13H10ClNO. The molecule has 0 unspecified atom stereocenters. The van der Waals surface area contributed by atoms with Crippen molar-refractivity contribution in [3.05, 3.63) is 46.2 Å². The zero-order chi connectivity index (χ0) is 11.4. The van der Waals surface area contributed by atoms with E-state index in [1.807, 2.05) is 12.1 Å². The van der Waals surface area contributed by atoms with Crippen LogP contribution in [0.2, 0.25) is 0 Å². The number of fused-ring (bicyclic) bond motifs is 1. The second kappa shape index (κ2) is 4.87. The summed E-state index contributed by atoms with van der Waals surface area (Å²) in [5.74, 6) is 6.50. The Kier molecular flexibility index (Phi) is 3.28. The second-order valence-corrected chi connectivity index (χ2v) is 3.72. The average Bonchev–Trinajstić information content (AvgIpc) is 2.30. The van der Waals surface area contributed by atoms with E-state index < -0.39 is 0 Å². The number of aromatic amines is 1. The zero-order valence-corrected chi connectivity index (χ0v) is 9.34. The molecule has 80 valence electrons. The van der Waals surface area contributed by atoms with Gasteiger partial charge in [0.25, 0.3) is 0 Å². The molecule has 2 nitrogen and oxygen atoms in total. The summed E-state index contributed by atoms with van der Waals surface area (Å²) in [4.78, 5) is 14.5. The molecule has 0 saturated heterocycles. The summed E-state index contributed by atoms with van der Waals surface area (Å²) in [7, 11) is 0. The Labute approximate surface area is 98.3 Å². The lowest BCUT2D eigenvalue weighted by Gasteiger charge is -1.96. The SMILES string of the molecule is O=c1cc[nH]c2cc(C#CCCCl)ccc12. The number of hydrogen-bond donors (Lipinski definition) is 1. The van der Waals surface area contributed by atoms with Crippen LogP contribution in [0.25, 0.3) is 10.9 Å². The molecule has 2 rings (SSSR count). The third-order valence-corrected chi connectivity index (χ3v) is 2.40. The molecule has 0 radical (unpaired) electrons. The third-order valence-electron chi connectivity index (χ3n) is 2.21. The number of halogens is 1. The van der Waals surface area contributed by atoms with E-state index in [4.69, 9.17) is 11.6 Å². The van der Waals surface area contributed by atoms with Crippen LogP contribution in [0.5, 0.6) is 0 Å². The Balaban J connectivity index is 2.46. The molecule has 1 aromatic carbocycles. The maximum atomic E-state index is 11.5. The van der Waals surface area contributed by atoms with Gasteiger partial charge in [0, 0.05) is 35.5 Å². The fourth-order valence-corrected chi connectivity index (χ4v) is 1.56. The molecule has 1 aromatic heterocycles. The summed E-state index contributed by atoms with van der Waals surface area (Å²) in [6, 6.07) is 7.02. The molecular weight excluding hydrogens is 222 g/mol. The lowest BCUT2D eigenvalue weighted by atomic mass is 10.1. The van der Waals surface area contributed by atoms with Crippen LogP contribution in [-0.4, -0.2) is 10.9 Å². The quantitative estimate of drug-likeness (QED) is 0.594. The first kappa shape index (κ1) is 10.8. The summed E-state index contributed by atoms with van der Waals surface area (Å²) in [6.45, 7) is 0. The van der Waals surface area contributed by atoms with Gasteiger partial charge in [-0.2, -0.15) is 0 Å². The first-order valence-electron chi connectivity index (χ1n) is 4.97. The molecule has 0 aliphatic heterocycles. The van der Waals surface area contributed by atoms with Crippen molar-refractivity contribution in [1.29, 1.82) is 0 Å². The highest BCUT2D eigenvalue weighted by atomic mass is 35.5. The summed E-state index contributed by atoms with van der Waals surface area (Å²) >= 11 is 5.53. The Hall–Kier alpha value is -1.72. The Morgan fingerprint density at radius 2 is 2.19 bits per heavy atom. The second-order valence-electron chi connectivity index (χ2n) is 3.34. The number of aromatic nitrogens is 1. The lowest BCUT2D eigenvalue weighted by molar-refractivity contribution is 1.29. The number of pyridine rings is 1. The number of rotatable bonds is 1. The standard InChI is InChI=1S/C13H10ClNO/c14-7-2-1-3-10-4-5-11-12(9-10)15-8-6-13(11)16/h4-6,8-9H,2,7H2,(H,15,16). The smallest absolute Gasteiger partial charge is 0.189 e. The van der Waals surface area contributed by atoms with Gasteiger partial charge in [-0.1, -0.05) is 11.8 Å². The van der Waals surface area contributed by atoms with Crippen molar-refractivity contribution >= 4 is 22.5 Å². The molecule has 0 atom stereocenters. The molecule has 3 heteroatoms. The zero-order valence-electron chi connectivity index (χ0n) is 8.59. The van der Waals surface area contributed by atoms with E-state index in [0.29, 0.717) is 17.7 Å². The largest absolute Gasteiger partial charge is 0.361 e. The monoisotopic (exact) mass is 231 g/mol. The predicted octanol–water partition coefficient (Wildman–Crippen LogP) is 2.51. The minimum atomic E-state index is 0.0222. The molecule has 1 heterocycles. The van der Waals surface area contributed by atoms with Crippen LogP contribution in [0.1, 0.15) is 12.0 Å². The van der Waals surface area contributed by atoms with Gasteiger partial charge >= 0.3 is 0 Å². The molecule has 0 aliphatic rings. The van der Waals surface area contributed by atoms with Crippen molar-refractivity contribution in [3.63, 3.8) is 0 Å². The molecule has 0 bridgehead atoms. The first-order chi connectivity index (χ1) is 7.81. The Morgan fingerprint density at radius 3 is 3.00 bits per heavy atom. The first-order valence-corrected chi connectivity index (χ1v) is 5.51. The van der Waals surface area contributed by atoms with Crippen molar-refractivity contribution in [2.24, 2.45) is 0 Å². The fraction of sp³-hybridized carbons (Fsp3) is 0.154. The number of alkyl halides is 1. The topological polar surface area (TPSA) is 32.9 Å². The van der Waals surface area contributed by atoms with E-state index in [1.165, 1.54) is 6.07 Å².